The normalized spacial score (nSPS) is 12.0. The van der Waals surface area contributed by atoms with Crippen LogP contribution in [0.1, 0.15) is 50.0 Å². The third-order valence-electron chi connectivity index (χ3n) is 0.957. The van der Waals surface area contributed by atoms with Crippen LogP contribution in [0.2, 0.25) is 0 Å². The largest absolute Gasteiger partial charge is 0.317 e. The third kappa shape index (κ3) is 15.7. The van der Waals surface area contributed by atoms with Crippen molar-refractivity contribution < 1.29 is 0 Å². The third-order valence-corrected chi connectivity index (χ3v) is 0.957. The maximum Gasteiger partial charge on any atom is -0.00484 e. The fourth-order valence-corrected chi connectivity index (χ4v) is 0.625. The first-order chi connectivity index (χ1) is 2.50. The van der Waals surface area contributed by atoms with Crippen LogP contribution >= 0.6 is 0 Å². The van der Waals surface area contributed by atoms with Crippen molar-refractivity contribution in [3.63, 3.8) is 0 Å². The molecule has 1 N–H and O–H groups in total. The maximum atomic E-state index is 3.22. The molecule has 70 valence electrons. The second-order valence-corrected chi connectivity index (χ2v) is 1.46. The lowest BCUT2D eigenvalue weighted by atomic mass is 10.4. The molecule has 0 unspecified atom stereocenters. The van der Waals surface area contributed by atoms with Gasteiger partial charge in [-0.3, -0.25) is 0 Å². The highest BCUT2D eigenvalue weighted by Gasteiger charge is 1.93. The summed E-state index contributed by atoms with van der Waals surface area (Å²) in [7, 11) is 0. The second kappa shape index (κ2) is 23.1. The Morgan fingerprint density at radius 2 is 0.900 bits per heavy atom. The molecule has 0 aromatic carbocycles. The van der Waals surface area contributed by atoms with Gasteiger partial charge in [0.25, 0.3) is 0 Å². The van der Waals surface area contributed by atoms with Crippen LogP contribution in [0.4, 0.5) is 0 Å². The van der Waals surface area contributed by atoms with Gasteiger partial charge in [0.1, 0.15) is 0 Å². The van der Waals surface area contributed by atoms with Crippen molar-refractivity contribution >= 4 is 0 Å². The van der Waals surface area contributed by atoms with Gasteiger partial charge in [0.2, 0.25) is 0 Å². The van der Waals surface area contributed by atoms with Crippen LogP contribution in [0.25, 0.3) is 0 Å². The summed E-state index contributed by atoms with van der Waals surface area (Å²) in [5.41, 5.74) is 0. The van der Waals surface area contributed by atoms with Gasteiger partial charge >= 0.3 is 0 Å². The molecule has 0 amide bonds. The molecule has 10 heavy (non-hydrogen) atoms. The number of hydrogen-bond donors (Lipinski definition) is 1. The minimum absolute atomic E-state index is 0. The number of hydrogen-bond acceptors (Lipinski definition) is 1. The van der Waals surface area contributed by atoms with Crippen LogP contribution in [-0.2, 0) is 0 Å². The average Bonchev–Trinajstić information content (AvgIpc) is 1.76. The van der Waals surface area contributed by atoms with Crippen molar-refractivity contribution in [2.45, 2.75) is 50.0 Å². The van der Waals surface area contributed by atoms with Crippen LogP contribution in [0, 0.1) is 0 Å². The lowest BCUT2D eigenvalue weighted by molar-refractivity contribution is 0.857. The van der Waals surface area contributed by atoms with E-state index in [0.717, 1.165) is 0 Å². The summed E-state index contributed by atoms with van der Waals surface area (Å²) in [5, 5.41) is 3.22. The van der Waals surface area contributed by atoms with Crippen molar-refractivity contribution in [3.8, 4) is 0 Å². The van der Waals surface area contributed by atoms with E-state index in [1.54, 1.807) is 0 Å². The predicted octanol–water partition coefficient (Wildman–Crippen LogP) is 3.55. The molecule has 1 nitrogen and oxygen atoms in total. The second-order valence-electron chi connectivity index (χ2n) is 1.46. The monoisotopic (exact) mass is 151 g/mol. The Hall–Kier alpha value is -0.0400. The Labute approximate surface area is 69.2 Å². The summed E-state index contributed by atoms with van der Waals surface area (Å²) < 4.78 is 0. The lowest BCUT2D eigenvalue weighted by Gasteiger charge is -1.76. The highest BCUT2D eigenvalue weighted by Crippen LogP contribution is 1.90. The molecule has 0 radical (unpaired) electrons. The van der Waals surface area contributed by atoms with E-state index >= 15 is 0 Å². The molecule has 0 spiro atoms. The molecular weight excluding hydrogens is 122 g/mol. The molecule has 0 aliphatic carbocycles. The Kier molecular flexibility index (Phi) is 75.0. The molecule has 1 aliphatic heterocycles. The molecule has 1 fully saturated rings. The van der Waals surface area contributed by atoms with Gasteiger partial charge in [-0.15, -0.1) is 0 Å². The summed E-state index contributed by atoms with van der Waals surface area (Å²) in [4.78, 5) is 0. The first-order valence-electron chi connectivity index (χ1n) is 2.21. The fraction of sp³-hybridized carbons (Fsp3) is 1.00. The molecule has 0 aromatic heterocycles. The summed E-state index contributed by atoms with van der Waals surface area (Å²) in [6, 6.07) is 0. The zero-order valence-corrected chi connectivity index (χ0v) is 3.33. The first kappa shape index (κ1) is 32.5. The van der Waals surface area contributed by atoms with E-state index < -0.39 is 0 Å². The molecule has 1 aliphatic rings. The average molecular weight is 151 g/mol. The maximum absolute atomic E-state index is 3.22. The van der Waals surface area contributed by atoms with Gasteiger partial charge in [0.15, 0.2) is 0 Å². The SMILES string of the molecule is C.C.C.C.C.C1CCNC1. The molecular formula is C9H29N. The van der Waals surface area contributed by atoms with Gasteiger partial charge in [-0.1, -0.05) is 37.1 Å². The lowest BCUT2D eigenvalue weighted by Crippen LogP contribution is -2.03. The standard InChI is InChI=1S/C4H9N.5CH4/c1-2-4-5-3-1;;;;;/h5H,1-4H2;5*1H4. The topological polar surface area (TPSA) is 12.0 Å². The molecule has 1 heteroatoms. The Balaban J connectivity index is -0.0000000167. The summed E-state index contributed by atoms with van der Waals surface area (Å²) >= 11 is 0. The Morgan fingerprint density at radius 3 is 1.00 bits per heavy atom. The van der Waals surface area contributed by atoms with E-state index in [2.05, 4.69) is 5.32 Å². The molecule has 1 rings (SSSR count). The first-order valence-corrected chi connectivity index (χ1v) is 2.21. The minimum atomic E-state index is 0. The Bertz CT molecular complexity index is 16.3. The number of rotatable bonds is 0. The molecule has 1 heterocycles. The summed E-state index contributed by atoms with van der Waals surface area (Å²) in [6.45, 7) is 2.50. The summed E-state index contributed by atoms with van der Waals surface area (Å²) in [5.74, 6) is 0. The molecule has 0 bridgehead atoms. The predicted molar refractivity (Wildman–Crippen MR) is 55.8 cm³/mol. The van der Waals surface area contributed by atoms with Gasteiger partial charge in [-0.2, -0.15) is 0 Å². The minimum Gasteiger partial charge on any atom is -0.317 e. The quantitative estimate of drug-likeness (QED) is 0.558. The van der Waals surface area contributed by atoms with Crippen molar-refractivity contribution in [2.24, 2.45) is 0 Å². The van der Waals surface area contributed by atoms with Gasteiger partial charge < -0.3 is 5.32 Å². The highest BCUT2D eigenvalue weighted by atomic mass is 14.9. The van der Waals surface area contributed by atoms with Crippen LogP contribution < -0.4 is 5.32 Å². The van der Waals surface area contributed by atoms with E-state index in [4.69, 9.17) is 0 Å². The Morgan fingerprint density at radius 1 is 0.600 bits per heavy atom. The van der Waals surface area contributed by atoms with Gasteiger partial charge in [-0.25, -0.2) is 0 Å². The van der Waals surface area contributed by atoms with Crippen molar-refractivity contribution in [1.29, 1.82) is 0 Å². The fourth-order valence-electron chi connectivity index (χ4n) is 0.625. The summed E-state index contributed by atoms with van der Waals surface area (Å²) in [6.07, 6.45) is 2.78. The van der Waals surface area contributed by atoms with E-state index in [1.165, 1.54) is 25.9 Å². The number of nitrogens with one attached hydrogen (secondary N) is 1. The van der Waals surface area contributed by atoms with E-state index in [1.807, 2.05) is 0 Å². The van der Waals surface area contributed by atoms with Crippen LogP contribution in [0.5, 0.6) is 0 Å². The highest BCUT2D eigenvalue weighted by molar-refractivity contribution is 4.55. The zero-order chi connectivity index (χ0) is 3.54. The van der Waals surface area contributed by atoms with Gasteiger partial charge in [0.05, 0.1) is 0 Å². The molecule has 1 saturated heterocycles. The van der Waals surface area contributed by atoms with E-state index in [9.17, 15) is 0 Å². The van der Waals surface area contributed by atoms with Crippen LogP contribution in [0.15, 0.2) is 0 Å². The molecule has 0 aromatic rings. The van der Waals surface area contributed by atoms with Gasteiger partial charge in [-0.05, 0) is 25.9 Å². The van der Waals surface area contributed by atoms with Gasteiger partial charge in [0, 0.05) is 0 Å². The zero-order valence-electron chi connectivity index (χ0n) is 3.33. The van der Waals surface area contributed by atoms with E-state index in [0.29, 0.717) is 0 Å². The molecule has 0 atom stereocenters. The van der Waals surface area contributed by atoms with Crippen LogP contribution in [0.3, 0.4) is 0 Å². The van der Waals surface area contributed by atoms with Crippen molar-refractivity contribution in [3.05, 3.63) is 0 Å². The van der Waals surface area contributed by atoms with Crippen molar-refractivity contribution in [1.82, 2.24) is 5.32 Å². The van der Waals surface area contributed by atoms with Crippen LogP contribution in [-0.4, -0.2) is 13.1 Å². The van der Waals surface area contributed by atoms with Crippen molar-refractivity contribution in [2.75, 3.05) is 13.1 Å². The molecule has 0 saturated carbocycles. The smallest absolute Gasteiger partial charge is 0.00484 e. The van der Waals surface area contributed by atoms with E-state index in [-0.39, 0.29) is 37.1 Å².